The van der Waals surface area contributed by atoms with Gasteiger partial charge in [-0.1, -0.05) is 30.3 Å². The Balaban J connectivity index is 1.81. The van der Waals surface area contributed by atoms with Crippen molar-refractivity contribution in [2.24, 2.45) is 0 Å². The van der Waals surface area contributed by atoms with Crippen LogP contribution >= 0.6 is 11.3 Å². The molecule has 5 heteroatoms. The van der Waals surface area contributed by atoms with Crippen LogP contribution < -0.4 is 5.56 Å². The Morgan fingerprint density at radius 2 is 2.05 bits per heavy atom. The molecule has 0 atom stereocenters. The number of carbonyl (C=O) groups is 1. The SMILES string of the molecule is Cc1csc2c(=O)n(CCC(=O)c3ccccc3)cnc12. The van der Waals surface area contributed by atoms with Gasteiger partial charge in [-0.05, 0) is 17.9 Å². The zero-order valence-corrected chi connectivity index (χ0v) is 12.4. The lowest BCUT2D eigenvalue weighted by Crippen LogP contribution is -2.21. The molecule has 0 saturated heterocycles. The van der Waals surface area contributed by atoms with Crippen LogP contribution in [0.4, 0.5) is 0 Å². The van der Waals surface area contributed by atoms with Crippen molar-refractivity contribution in [3.63, 3.8) is 0 Å². The van der Waals surface area contributed by atoms with Crippen molar-refractivity contribution in [1.29, 1.82) is 0 Å². The average Bonchev–Trinajstić information content (AvgIpc) is 2.89. The van der Waals surface area contributed by atoms with Gasteiger partial charge in [0.1, 0.15) is 4.70 Å². The zero-order valence-electron chi connectivity index (χ0n) is 11.6. The minimum absolute atomic E-state index is 0.0324. The zero-order chi connectivity index (χ0) is 14.8. The van der Waals surface area contributed by atoms with Crippen LogP contribution in [0.3, 0.4) is 0 Å². The van der Waals surface area contributed by atoms with Crippen LogP contribution in [-0.2, 0) is 6.54 Å². The summed E-state index contributed by atoms with van der Waals surface area (Å²) in [6.45, 7) is 2.29. The topological polar surface area (TPSA) is 52.0 Å². The Morgan fingerprint density at radius 1 is 1.29 bits per heavy atom. The lowest BCUT2D eigenvalue weighted by Gasteiger charge is -2.05. The van der Waals surface area contributed by atoms with E-state index in [9.17, 15) is 9.59 Å². The third kappa shape index (κ3) is 2.64. The van der Waals surface area contributed by atoms with E-state index in [-0.39, 0.29) is 11.3 Å². The van der Waals surface area contributed by atoms with Crippen LogP contribution in [0.2, 0.25) is 0 Å². The lowest BCUT2D eigenvalue weighted by atomic mass is 10.1. The summed E-state index contributed by atoms with van der Waals surface area (Å²) in [6, 6.07) is 9.12. The molecule has 0 aliphatic carbocycles. The highest BCUT2D eigenvalue weighted by molar-refractivity contribution is 7.17. The van der Waals surface area contributed by atoms with Gasteiger partial charge in [0, 0.05) is 18.5 Å². The van der Waals surface area contributed by atoms with Crippen molar-refractivity contribution in [3.8, 4) is 0 Å². The predicted molar refractivity (Wildman–Crippen MR) is 84.0 cm³/mol. The molecule has 0 N–H and O–H groups in total. The first-order valence-corrected chi connectivity index (χ1v) is 7.56. The molecule has 0 saturated carbocycles. The Hall–Kier alpha value is -2.27. The molecule has 21 heavy (non-hydrogen) atoms. The lowest BCUT2D eigenvalue weighted by molar-refractivity contribution is 0.0976. The second kappa shape index (κ2) is 5.61. The molecule has 3 rings (SSSR count). The maximum absolute atomic E-state index is 12.3. The second-order valence-corrected chi connectivity index (χ2v) is 5.76. The van der Waals surface area contributed by atoms with E-state index in [4.69, 9.17) is 0 Å². The number of Topliss-reactive ketones (excluding diaryl/α,β-unsaturated/α-hetero) is 1. The van der Waals surface area contributed by atoms with Gasteiger partial charge < -0.3 is 0 Å². The van der Waals surface area contributed by atoms with Gasteiger partial charge in [-0.15, -0.1) is 11.3 Å². The molecule has 0 fully saturated rings. The Labute approximate surface area is 125 Å². The maximum Gasteiger partial charge on any atom is 0.271 e. The van der Waals surface area contributed by atoms with E-state index in [1.807, 2.05) is 30.5 Å². The number of thiophene rings is 1. The molecule has 1 aromatic carbocycles. The fourth-order valence-corrected chi connectivity index (χ4v) is 3.16. The highest BCUT2D eigenvalue weighted by Crippen LogP contribution is 2.19. The average molecular weight is 298 g/mol. The first-order chi connectivity index (χ1) is 10.2. The first kappa shape index (κ1) is 13.7. The second-order valence-electron chi connectivity index (χ2n) is 4.88. The molecule has 2 heterocycles. The normalized spacial score (nSPS) is 10.9. The van der Waals surface area contributed by atoms with Gasteiger partial charge in [0.25, 0.3) is 5.56 Å². The third-order valence-electron chi connectivity index (χ3n) is 3.40. The van der Waals surface area contributed by atoms with Crippen molar-refractivity contribution in [2.45, 2.75) is 19.9 Å². The number of nitrogens with zero attached hydrogens (tertiary/aromatic N) is 2. The summed E-state index contributed by atoms with van der Waals surface area (Å²) in [5, 5.41) is 1.93. The fourth-order valence-electron chi connectivity index (χ4n) is 2.21. The highest BCUT2D eigenvalue weighted by Gasteiger charge is 2.10. The van der Waals surface area contributed by atoms with Crippen molar-refractivity contribution >= 4 is 27.3 Å². The van der Waals surface area contributed by atoms with Crippen molar-refractivity contribution in [3.05, 3.63) is 63.5 Å². The van der Waals surface area contributed by atoms with E-state index in [0.717, 1.165) is 11.1 Å². The summed E-state index contributed by atoms with van der Waals surface area (Å²) in [5.74, 6) is 0.0324. The standard InChI is InChI=1S/C16H14N2O2S/c1-11-9-21-15-14(11)17-10-18(16(15)20)8-7-13(19)12-5-3-2-4-6-12/h2-6,9-10H,7-8H2,1H3. The third-order valence-corrected chi connectivity index (χ3v) is 4.47. The molecule has 4 nitrogen and oxygen atoms in total. The van der Waals surface area contributed by atoms with Gasteiger partial charge >= 0.3 is 0 Å². The number of fused-ring (bicyclic) bond motifs is 1. The number of rotatable bonds is 4. The van der Waals surface area contributed by atoms with Crippen molar-refractivity contribution < 1.29 is 4.79 Å². The summed E-state index contributed by atoms with van der Waals surface area (Å²) < 4.78 is 2.17. The predicted octanol–water partition coefficient (Wildman–Crippen LogP) is 3.04. The van der Waals surface area contributed by atoms with Gasteiger partial charge in [-0.2, -0.15) is 0 Å². The molecule has 106 valence electrons. The van der Waals surface area contributed by atoms with Crippen molar-refractivity contribution in [1.82, 2.24) is 9.55 Å². The largest absolute Gasteiger partial charge is 0.298 e. The summed E-state index contributed by atoms with van der Waals surface area (Å²) in [6.07, 6.45) is 1.82. The molecular weight excluding hydrogens is 284 g/mol. The molecule has 2 aromatic heterocycles. The van der Waals surface area contributed by atoms with Crippen LogP contribution in [-0.4, -0.2) is 15.3 Å². The van der Waals surface area contributed by atoms with Gasteiger partial charge in [0.15, 0.2) is 5.78 Å². The van der Waals surface area contributed by atoms with E-state index in [1.165, 1.54) is 22.2 Å². The van der Waals surface area contributed by atoms with Crippen LogP contribution in [0.5, 0.6) is 0 Å². The minimum Gasteiger partial charge on any atom is -0.298 e. The summed E-state index contributed by atoms with van der Waals surface area (Å²) in [4.78, 5) is 28.7. The number of hydrogen-bond donors (Lipinski definition) is 0. The Morgan fingerprint density at radius 3 is 2.81 bits per heavy atom. The van der Waals surface area contributed by atoms with Crippen LogP contribution in [0, 0.1) is 6.92 Å². The van der Waals surface area contributed by atoms with Gasteiger partial charge in [-0.25, -0.2) is 4.98 Å². The molecule has 0 spiro atoms. The molecule has 0 bridgehead atoms. The molecule has 0 aliphatic rings. The van der Waals surface area contributed by atoms with E-state index >= 15 is 0 Å². The quantitative estimate of drug-likeness (QED) is 0.696. The molecule has 0 amide bonds. The van der Waals surface area contributed by atoms with Crippen LogP contribution in [0.1, 0.15) is 22.3 Å². The summed E-state index contributed by atoms with van der Waals surface area (Å²) in [7, 11) is 0. The van der Waals surface area contributed by atoms with E-state index in [2.05, 4.69) is 4.98 Å². The molecule has 3 aromatic rings. The number of hydrogen-bond acceptors (Lipinski definition) is 4. The number of aromatic nitrogens is 2. The molecule has 0 radical (unpaired) electrons. The number of aryl methyl sites for hydroxylation is 2. The molecule has 0 aliphatic heterocycles. The Kier molecular flexibility index (Phi) is 3.66. The Bertz CT molecular complexity index is 850. The van der Waals surface area contributed by atoms with Crippen LogP contribution in [0.25, 0.3) is 10.2 Å². The number of carbonyl (C=O) groups excluding carboxylic acids is 1. The van der Waals surface area contributed by atoms with Gasteiger partial charge in [0.2, 0.25) is 0 Å². The maximum atomic E-state index is 12.3. The smallest absolute Gasteiger partial charge is 0.271 e. The van der Waals surface area contributed by atoms with Crippen LogP contribution in [0.15, 0.2) is 46.8 Å². The summed E-state index contributed by atoms with van der Waals surface area (Å²) in [5.41, 5.74) is 2.38. The summed E-state index contributed by atoms with van der Waals surface area (Å²) >= 11 is 1.40. The van der Waals surface area contributed by atoms with Crippen molar-refractivity contribution in [2.75, 3.05) is 0 Å². The van der Waals surface area contributed by atoms with Gasteiger partial charge in [0.05, 0.1) is 11.8 Å². The van der Waals surface area contributed by atoms with Gasteiger partial charge in [-0.3, -0.25) is 14.2 Å². The molecular formula is C16H14N2O2S. The highest BCUT2D eigenvalue weighted by atomic mass is 32.1. The minimum atomic E-state index is -0.0704. The number of benzene rings is 1. The number of ketones is 1. The molecule has 0 unspecified atom stereocenters. The van der Waals surface area contributed by atoms with E-state index < -0.39 is 0 Å². The van der Waals surface area contributed by atoms with E-state index in [1.54, 1.807) is 12.1 Å². The van der Waals surface area contributed by atoms with E-state index in [0.29, 0.717) is 23.2 Å². The monoisotopic (exact) mass is 298 g/mol. The fraction of sp³-hybridized carbons (Fsp3) is 0.188. The first-order valence-electron chi connectivity index (χ1n) is 6.68.